The fourth-order valence-electron chi connectivity index (χ4n) is 2.21. The first-order chi connectivity index (χ1) is 11.2. The summed E-state index contributed by atoms with van der Waals surface area (Å²) in [4.78, 5) is 4.73. The van der Waals surface area contributed by atoms with E-state index in [-0.39, 0.29) is 0 Å². The van der Waals surface area contributed by atoms with Crippen LogP contribution in [0.1, 0.15) is 30.5 Å². The summed E-state index contributed by atoms with van der Waals surface area (Å²) in [6.45, 7) is 3.97. The number of rotatable bonds is 4. The van der Waals surface area contributed by atoms with Gasteiger partial charge in [0.25, 0.3) is 0 Å². The molecule has 2 aromatic carbocycles. The molecule has 23 heavy (non-hydrogen) atoms. The second kappa shape index (κ2) is 7.91. The number of amidine groups is 1. The smallest absolute Gasteiger partial charge is 0.166 e. The van der Waals surface area contributed by atoms with Crippen molar-refractivity contribution in [3.63, 3.8) is 0 Å². The van der Waals surface area contributed by atoms with Crippen LogP contribution in [0.3, 0.4) is 0 Å². The predicted molar refractivity (Wildman–Crippen MR) is 96.8 cm³/mol. The van der Waals surface area contributed by atoms with Gasteiger partial charge in [-0.25, -0.2) is 5.84 Å². The third kappa shape index (κ3) is 4.05. The lowest BCUT2D eigenvalue weighted by molar-refractivity contribution is 1.00. The van der Waals surface area contributed by atoms with Crippen LogP contribution in [0.5, 0.6) is 0 Å². The van der Waals surface area contributed by atoms with Crippen LogP contribution in [0, 0.1) is 0 Å². The van der Waals surface area contributed by atoms with Crippen LogP contribution < -0.4 is 17.1 Å². The number of benzene rings is 2. The van der Waals surface area contributed by atoms with Crippen LogP contribution in [0.2, 0.25) is 0 Å². The topological polar surface area (TPSA) is 88.8 Å². The fraction of sp³-hybridized carbons (Fsp3) is 0.111. The monoisotopic (exact) mass is 307 g/mol. The van der Waals surface area contributed by atoms with Crippen molar-refractivity contribution in [1.29, 1.82) is 0 Å². The van der Waals surface area contributed by atoms with Gasteiger partial charge in [-0.15, -0.1) is 0 Å². The first-order valence-electron chi connectivity index (χ1n) is 7.32. The molecule has 5 heteroatoms. The summed E-state index contributed by atoms with van der Waals surface area (Å²) in [7, 11) is 0. The number of nitrogens with two attached hydrogens (primary N) is 2. The molecule has 0 spiro atoms. The lowest BCUT2D eigenvalue weighted by Crippen LogP contribution is -2.32. The van der Waals surface area contributed by atoms with Gasteiger partial charge < -0.3 is 11.3 Å². The van der Waals surface area contributed by atoms with Crippen LogP contribution in [0.25, 0.3) is 5.70 Å². The van der Waals surface area contributed by atoms with E-state index in [0.29, 0.717) is 5.84 Å². The Morgan fingerprint density at radius 3 is 2.09 bits per heavy atom. The van der Waals surface area contributed by atoms with Crippen LogP contribution in [0.15, 0.2) is 70.8 Å². The summed E-state index contributed by atoms with van der Waals surface area (Å²) in [5, 5.41) is 3.59. The molecule has 5 N–H and O–H groups in total. The second-order valence-corrected chi connectivity index (χ2v) is 4.94. The minimum Gasteiger partial charge on any atom is -0.321 e. The molecular formula is C18H21N5. The highest BCUT2D eigenvalue weighted by Crippen LogP contribution is 2.17. The molecule has 118 valence electrons. The second-order valence-electron chi connectivity index (χ2n) is 4.94. The summed E-state index contributed by atoms with van der Waals surface area (Å²) >= 11 is 0. The minimum atomic E-state index is 0.435. The Kier molecular flexibility index (Phi) is 5.66. The van der Waals surface area contributed by atoms with Gasteiger partial charge in [-0.3, -0.25) is 4.99 Å². The van der Waals surface area contributed by atoms with E-state index in [0.717, 1.165) is 28.1 Å². The van der Waals surface area contributed by atoms with Gasteiger partial charge in [0.05, 0.1) is 5.70 Å². The van der Waals surface area contributed by atoms with Crippen molar-refractivity contribution in [3.8, 4) is 0 Å². The molecule has 0 radical (unpaired) electrons. The Bertz CT molecular complexity index is 728. The summed E-state index contributed by atoms with van der Waals surface area (Å²) in [6, 6.07) is 17.8. The molecule has 0 atom stereocenters. The molecular weight excluding hydrogens is 286 g/mol. The Balaban J connectivity index is 2.27. The number of hydrogen-bond acceptors (Lipinski definition) is 4. The Hall–Kier alpha value is -2.92. The van der Waals surface area contributed by atoms with E-state index in [1.807, 2.05) is 74.5 Å². The molecule has 0 aliphatic rings. The van der Waals surface area contributed by atoms with Crippen molar-refractivity contribution in [1.82, 2.24) is 5.43 Å². The number of nitrogens with one attached hydrogen (secondary N) is 1. The van der Waals surface area contributed by atoms with Crippen LogP contribution in [-0.2, 0) is 0 Å². The lowest BCUT2D eigenvalue weighted by Gasteiger charge is -2.07. The normalized spacial score (nSPS) is 13.1. The number of aliphatic imine (C=N–C) groups is 1. The Morgan fingerprint density at radius 1 is 0.957 bits per heavy atom. The highest BCUT2D eigenvalue weighted by Gasteiger charge is 2.04. The molecule has 0 bridgehead atoms. The van der Waals surface area contributed by atoms with Gasteiger partial charge in [0.2, 0.25) is 0 Å². The van der Waals surface area contributed by atoms with Crippen LogP contribution >= 0.6 is 0 Å². The molecule has 0 saturated heterocycles. The van der Waals surface area contributed by atoms with Crippen LogP contribution in [0.4, 0.5) is 0 Å². The standard InChI is InChI=1S/C18H21N5/c1-3-17(15-7-5-4-6-8-15)21-13(2)14-9-11-16(12-10-14)18(22-19)23-20/h3-12H,19-20H2,1-2H3,(H,22,23)/b17-3-,21-13?. The van der Waals surface area contributed by atoms with Gasteiger partial charge in [-0.2, -0.15) is 5.10 Å². The summed E-state index contributed by atoms with van der Waals surface area (Å²) < 4.78 is 0. The molecule has 0 amide bonds. The Morgan fingerprint density at radius 2 is 1.57 bits per heavy atom. The molecule has 0 fully saturated rings. The van der Waals surface area contributed by atoms with Crippen molar-refractivity contribution >= 4 is 17.2 Å². The molecule has 0 saturated carbocycles. The van der Waals surface area contributed by atoms with Gasteiger partial charge in [-0.1, -0.05) is 60.7 Å². The summed E-state index contributed by atoms with van der Waals surface area (Å²) in [5.74, 6) is 11.1. The van der Waals surface area contributed by atoms with Gasteiger partial charge >= 0.3 is 0 Å². The van der Waals surface area contributed by atoms with Gasteiger partial charge in [-0.05, 0) is 25.0 Å². The van der Waals surface area contributed by atoms with E-state index < -0.39 is 0 Å². The van der Waals surface area contributed by atoms with E-state index >= 15 is 0 Å². The molecule has 5 nitrogen and oxygen atoms in total. The molecule has 2 rings (SSSR count). The average molecular weight is 307 g/mol. The number of allylic oxidation sites excluding steroid dienone is 1. The third-order valence-corrected chi connectivity index (χ3v) is 3.47. The first kappa shape index (κ1) is 16.5. The molecule has 0 aliphatic heterocycles. The molecule has 2 aromatic rings. The van der Waals surface area contributed by atoms with Gasteiger partial charge in [0.1, 0.15) is 0 Å². The van der Waals surface area contributed by atoms with E-state index in [4.69, 9.17) is 16.7 Å². The predicted octanol–water partition coefficient (Wildman–Crippen LogP) is 2.64. The van der Waals surface area contributed by atoms with Gasteiger partial charge in [0, 0.05) is 11.3 Å². The number of hydrazine groups is 1. The van der Waals surface area contributed by atoms with Crippen molar-refractivity contribution in [2.45, 2.75) is 13.8 Å². The van der Waals surface area contributed by atoms with Crippen molar-refractivity contribution < 1.29 is 0 Å². The highest BCUT2D eigenvalue weighted by atomic mass is 15.3. The molecule has 0 heterocycles. The zero-order chi connectivity index (χ0) is 16.7. The minimum absolute atomic E-state index is 0.435. The van der Waals surface area contributed by atoms with Gasteiger partial charge in [0.15, 0.2) is 5.84 Å². The maximum Gasteiger partial charge on any atom is 0.166 e. The van der Waals surface area contributed by atoms with E-state index in [9.17, 15) is 0 Å². The number of hydrazone groups is 1. The van der Waals surface area contributed by atoms with Crippen molar-refractivity contribution in [2.75, 3.05) is 0 Å². The number of hydrogen-bond donors (Lipinski definition) is 3. The first-order valence-corrected chi connectivity index (χ1v) is 7.32. The largest absolute Gasteiger partial charge is 0.321 e. The maximum absolute atomic E-state index is 5.37. The van der Waals surface area contributed by atoms with E-state index in [1.165, 1.54) is 0 Å². The zero-order valence-electron chi connectivity index (χ0n) is 13.3. The Labute approximate surface area is 136 Å². The zero-order valence-corrected chi connectivity index (χ0v) is 13.3. The van der Waals surface area contributed by atoms with Crippen molar-refractivity contribution in [3.05, 3.63) is 77.4 Å². The fourth-order valence-corrected chi connectivity index (χ4v) is 2.21. The average Bonchev–Trinajstić information content (AvgIpc) is 2.62. The van der Waals surface area contributed by atoms with Crippen LogP contribution in [-0.4, -0.2) is 11.5 Å². The SMILES string of the molecule is C/C=C(\N=C(C)c1ccc(/C(=N/N)NN)cc1)c1ccccc1. The summed E-state index contributed by atoms with van der Waals surface area (Å²) in [5.41, 5.74) is 7.28. The number of nitrogens with zero attached hydrogens (tertiary/aromatic N) is 2. The molecule has 0 aromatic heterocycles. The van der Waals surface area contributed by atoms with E-state index in [2.05, 4.69) is 10.5 Å². The van der Waals surface area contributed by atoms with E-state index in [1.54, 1.807) is 0 Å². The molecule has 0 unspecified atom stereocenters. The lowest BCUT2D eigenvalue weighted by atomic mass is 10.1. The van der Waals surface area contributed by atoms with Crippen molar-refractivity contribution in [2.24, 2.45) is 21.8 Å². The quantitative estimate of drug-likeness (QED) is 0.351. The molecule has 0 aliphatic carbocycles. The third-order valence-electron chi connectivity index (χ3n) is 3.47. The summed E-state index contributed by atoms with van der Waals surface area (Å²) in [6.07, 6.45) is 2.00. The highest BCUT2D eigenvalue weighted by molar-refractivity contribution is 6.03. The maximum atomic E-state index is 5.37.